The van der Waals surface area contributed by atoms with Crippen molar-refractivity contribution < 1.29 is 19.1 Å². The molecular formula is C20H18N2O4S2. The van der Waals surface area contributed by atoms with Gasteiger partial charge in [0.05, 0.1) is 19.1 Å². The Balaban J connectivity index is 1.76. The number of hydrazine groups is 1. The van der Waals surface area contributed by atoms with Gasteiger partial charge in [-0.15, -0.1) is 0 Å². The van der Waals surface area contributed by atoms with Gasteiger partial charge < -0.3 is 9.47 Å². The van der Waals surface area contributed by atoms with Crippen molar-refractivity contribution in [2.45, 2.75) is 6.92 Å². The van der Waals surface area contributed by atoms with E-state index in [0.29, 0.717) is 16.2 Å². The molecule has 8 heteroatoms. The van der Waals surface area contributed by atoms with E-state index in [1.807, 2.05) is 25.1 Å². The number of ether oxygens (including phenoxy) is 2. The molecule has 0 aliphatic carbocycles. The highest BCUT2D eigenvalue weighted by Gasteiger charge is 2.33. The maximum atomic E-state index is 12.7. The molecule has 1 heterocycles. The van der Waals surface area contributed by atoms with E-state index in [1.54, 1.807) is 44.6 Å². The molecular weight excluding hydrogens is 396 g/mol. The largest absolute Gasteiger partial charge is 0.497 e. The van der Waals surface area contributed by atoms with E-state index < -0.39 is 5.91 Å². The topological polar surface area (TPSA) is 67.9 Å². The van der Waals surface area contributed by atoms with Crippen molar-refractivity contribution in [2.75, 3.05) is 14.2 Å². The van der Waals surface area contributed by atoms with Gasteiger partial charge in [-0.25, -0.2) is 0 Å². The van der Waals surface area contributed by atoms with Crippen LogP contribution in [0.4, 0.5) is 0 Å². The van der Waals surface area contributed by atoms with E-state index in [9.17, 15) is 9.59 Å². The molecule has 1 N–H and O–H groups in total. The summed E-state index contributed by atoms with van der Waals surface area (Å²) in [6.07, 6.45) is 1.72. The fraction of sp³-hybridized carbons (Fsp3) is 0.150. The lowest BCUT2D eigenvalue weighted by molar-refractivity contribution is -0.123. The Morgan fingerprint density at radius 2 is 1.86 bits per heavy atom. The molecule has 0 radical (unpaired) electrons. The number of thiocarbonyl (C=S) groups is 1. The number of methoxy groups -OCH3 is 2. The van der Waals surface area contributed by atoms with Crippen LogP contribution < -0.4 is 14.9 Å². The van der Waals surface area contributed by atoms with Crippen molar-refractivity contribution in [3.8, 4) is 11.5 Å². The van der Waals surface area contributed by atoms with Gasteiger partial charge in [0.25, 0.3) is 11.8 Å². The van der Waals surface area contributed by atoms with Gasteiger partial charge in [-0.2, -0.15) is 5.01 Å². The van der Waals surface area contributed by atoms with Crippen LogP contribution in [0.1, 0.15) is 21.5 Å². The van der Waals surface area contributed by atoms with Gasteiger partial charge in [-0.3, -0.25) is 15.0 Å². The maximum absolute atomic E-state index is 12.7. The average molecular weight is 415 g/mol. The van der Waals surface area contributed by atoms with E-state index in [1.165, 1.54) is 0 Å². The van der Waals surface area contributed by atoms with Crippen molar-refractivity contribution in [1.29, 1.82) is 0 Å². The number of hydrogen-bond acceptors (Lipinski definition) is 6. The molecule has 0 bridgehead atoms. The minimum atomic E-state index is -0.433. The van der Waals surface area contributed by atoms with Gasteiger partial charge in [0, 0.05) is 5.56 Å². The zero-order chi connectivity index (χ0) is 20.3. The lowest BCUT2D eigenvalue weighted by Crippen LogP contribution is -2.44. The van der Waals surface area contributed by atoms with E-state index in [0.717, 1.165) is 33.6 Å². The molecule has 1 fully saturated rings. The predicted molar refractivity (Wildman–Crippen MR) is 113 cm³/mol. The number of carbonyl (C=O) groups excluding carboxylic acids is 2. The van der Waals surface area contributed by atoms with Gasteiger partial charge in [-0.05, 0) is 66.7 Å². The van der Waals surface area contributed by atoms with Crippen molar-refractivity contribution in [2.24, 2.45) is 0 Å². The van der Waals surface area contributed by atoms with Gasteiger partial charge in [0.2, 0.25) is 0 Å². The smallest absolute Gasteiger partial charge is 0.285 e. The number of benzene rings is 2. The molecule has 3 rings (SSSR count). The third-order valence-electron chi connectivity index (χ3n) is 4.09. The first-order valence-electron chi connectivity index (χ1n) is 8.30. The second kappa shape index (κ2) is 8.45. The first kappa shape index (κ1) is 19.9. The summed E-state index contributed by atoms with van der Waals surface area (Å²) in [7, 11) is 3.14. The molecule has 1 aliphatic heterocycles. The Morgan fingerprint density at radius 3 is 2.50 bits per heavy atom. The predicted octanol–water partition coefficient (Wildman–Crippen LogP) is 3.56. The highest BCUT2D eigenvalue weighted by molar-refractivity contribution is 8.26. The van der Waals surface area contributed by atoms with Crippen LogP contribution in [0.5, 0.6) is 11.5 Å². The Bertz CT molecular complexity index is 971. The highest BCUT2D eigenvalue weighted by atomic mass is 32.2. The second-order valence-corrected chi connectivity index (χ2v) is 7.59. The molecule has 144 valence electrons. The van der Waals surface area contributed by atoms with Gasteiger partial charge >= 0.3 is 0 Å². The molecule has 6 nitrogen and oxygen atoms in total. The van der Waals surface area contributed by atoms with E-state index in [2.05, 4.69) is 5.43 Å². The zero-order valence-electron chi connectivity index (χ0n) is 15.5. The summed E-state index contributed by atoms with van der Waals surface area (Å²) in [5.41, 5.74) is 4.76. The van der Waals surface area contributed by atoms with Gasteiger partial charge in [0.15, 0.2) is 4.32 Å². The number of aryl methyl sites for hydroxylation is 1. The second-order valence-electron chi connectivity index (χ2n) is 5.92. The molecule has 28 heavy (non-hydrogen) atoms. The number of rotatable bonds is 5. The van der Waals surface area contributed by atoms with Crippen LogP contribution in [0.3, 0.4) is 0 Å². The van der Waals surface area contributed by atoms with Gasteiger partial charge in [0.1, 0.15) is 11.5 Å². The average Bonchev–Trinajstić information content (AvgIpc) is 2.96. The molecule has 2 amide bonds. The maximum Gasteiger partial charge on any atom is 0.285 e. The van der Waals surface area contributed by atoms with E-state index in [4.69, 9.17) is 21.7 Å². The first-order chi connectivity index (χ1) is 13.4. The zero-order valence-corrected chi connectivity index (χ0v) is 17.1. The number of amides is 2. The summed E-state index contributed by atoms with van der Waals surface area (Å²) in [4.78, 5) is 25.5. The highest BCUT2D eigenvalue weighted by Crippen LogP contribution is 2.32. The molecule has 1 aliphatic rings. The lowest BCUT2D eigenvalue weighted by Gasteiger charge is -2.15. The first-order valence-corrected chi connectivity index (χ1v) is 9.53. The third kappa shape index (κ3) is 4.18. The summed E-state index contributed by atoms with van der Waals surface area (Å²) in [6.45, 7) is 1.94. The van der Waals surface area contributed by atoms with Crippen molar-refractivity contribution in [3.05, 3.63) is 64.1 Å². The quantitative estimate of drug-likeness (QED) is 0.596. The summed E-state index contributed by atoms with van der Waals surface area (Å²) in [6, 6.07) is 12.2. The molecule has 0 spiro atoms. The van der Waals surface area contributed by atoms with Crippen LogP contribution in [-0.4, -0.2) is 35.4 Å². The van der Waals surface area contributed by atoms with Crippen molar-refractivity contribution >= 4 is 46.2 Å². The number of hydrogen-bond donors (Lipinski definition) is 1. The summed E-state index contributed by atoms with van der Waals surface area (Å²) >= 11 is 6.39. The van der Waals surface area contributed by atoms with Crippen LogP contribution in [0.15, 0.2) is 47.4 Å². The minimum absolute atomic E-state index is 0.261. The summed E-state index contributed by atoms with van der Waals surface area (Å²) < 4.78 is 10.6. The van der Waals surface area contributed by atoms with E-state index in [-0.39, 0.29) is 10.2 Å². The van der Waals surface area contributed by atoms with Crippen LogP contribution in [0.2, 0.25) is 0 Å². The normalized spacial score (nSPS) is 15.1. The van der Waals surface area contributed by atoms with Gasteiger partial charge in [-0.1, -0.05) is 23.9 Å². The van der Waals surface area contributed by atoms with Crippen LogP contribution in [-0.2, 0) is 4.79 Å². The Morgan fingerprint density at radius 1 is 1.14 bits per heavy atom. The van der Waals surface area contributed by atoms with Crippen molar-refractivity contribution in [1.82, 2.24) is 10.4 Å². The summed E-state index contributed by atoms with van der Waals surface area (Å²) in [5, 5.41) is 1.09. The van der Waals surface area contributed by atoms with Crippen LogP contribution >= 0.6 is 24.0 Å². The number of thioether (sulfide) groups is 1. The van der Waals surface area contributed by atoms with E-state index >= 15 is 0 Å². The van der Waals surface area contributed by atoms with Crippen LogP contribution in [0.25, 0.3) is 6.08 Å². The number of nitrogens with zero attached hydrogens (tertiary/aromatic N) is 1. The van der Waals surface area contributed by atoms with Crippen LogP contribution in [0, 0.1) is 6.92 Å². The Labute approximate surface area is 172 Å². The lowest BCUT2D eigenvalue weighted by atomic mass is 10.1. The monoisotopic (exact) mass is 414 g/mol. The summed E-state index contributed by atoms with van der Waals surface area (Å²) in [5.74, 6) is 0.560. The molecule has 2 aromatic carbocycles. The number of nitrogens with one attached hydrogen (secondary N) is 1. The molecule has 0 saturated carbocycles. The fourth-order valence-corrected chi connectivity index (χ4v) is 3.73. The minimum Gasteiger partial charge on any atom is -0.497 e. The molecule has 0 atom stereocenters. The fourth-order valence-electron chi connectivity index (χ4n) is 2.55. The molecule has 1 saturated heterocycles. The molecule has 0 aromatic heterocycles. The Kier molecular flexibility index (Phi) is 6.01. The third-order valence-corrected chi connectivity index (χ3v) is 5.39. The SMILES string of the molecule is COc1ccc(C(=O)NN2C(=O)/C(=C\c3ccc(C)c(OC)c3)SC2=S)cc1. The molecule has 2 aromatic rings. The standard InChI is InChI=1S/C20H18N2O4S2/c1-12-4-5-13(10-16(12)26-3)11-17-19(24)22(20(27)28-17)21-18(23)14-6-8-15(25-2)9-7-14/h4-11H,1-3H3,(H,21,23)/b17-11+. The van der Waals surface area contributed by atoms with Crippen molar-refractivity contribution in [3.63, 3.8) is 0 Å². The molecule has 0 unspecified atom stereocenters. The Hall–Kier alpha value is -2.84. The number of carbonyl (C=O) groups is 2.